The van der Waals surface area contributed by atoms with Gasteiger partial charge in [0.05, 0.1) is 13.3 Å². The molecular formula is C9H16N2O. The molecule has 1 rings (SSSR count). The van der Waals surface area contributed by atoms with Gasteiger partial charge in [-0.05, 0) is 5.41 Å². The van der Waals surface area contributed by atoms with Crippen LogP contribution in [0.1, 0.15) is 26.3 Å². The molecule has 0 amide bonds. The van der Waals surface area contributed by atoms with Crippen LogP contribution in [-0.4, -0.2) is 16.9 Å². The van der Waals surface area contributed by atoms with Crippen LogP contribution in [-0.2, 0) is 12.5 Å². The van der Waals surface area contributed by atoms with Crippen molar-refractivity contribution >= 4 is 0 Å². The summed E-state index contributed by atoms with van der Waals surface area (Å²) < 4.78 is 6.99. The van der Waals surface area contributed by atoms with Crippen LogP contribution in [0.15, 0.2) is 6.20 Å². The fraction of sp³-hybridized carbons (Fsp3) is 0.667. The summed E-state index contributed by atoms with van der Waals surface area (Å²) in [5, 5.41) is 4.15. The smallest absolute Gasteiger partial charge is 0.215 e. The number of aryl methyl sites for hydroxylation is 1. The quantitative estimate of drug-likeness (QED) is 0.638. The highest BCUT2D eigenvalue weighted by Gasteiger charge is 2.21. The third-order valence-electron chi connectivity index (χ3n) is 1.89. The van der Waals surface area contributed by atoms with Crippen LogP contribution in [0.2, 0.25) is 0 Å². The molecule has 0 fully saturated rings. The molecule has 0 unspecified atom stereocenters. The van der Waals surface area contributed by atoms with E-state index in [9.17, 15) is 0 Å². The van der Waals surface area contributed by atoms with Crippen LogP contribution in [0.4, 0.5) is 0 Å². The van der Waals surface area contributed by atoms with Crippen molar-refractivity contribution in [2.75, 3.05) is 7.11 Å². The lowest BCUT2D eigenvalue weighted by Gasteiger charge is -2.17. The van der Waals surface area contributed by atoms with E-state index < -0.39 is 0 Å². The molecule has 0 spiro atoms. The number of rotatable bonds is 1. The third-order valence-corrected chi connectivity index (χ3v) is 1.89. The van der Waals surface area contributed by atoms with E-state index in [0.29, 0.717) is 0 Å². The second-order valence-corrected chi connectivity index (χ2v) is 3.94. The molecule has 12 heavy (non-hydrogen) atoms. The summed E-state index contributed by atoms with van der Waals surface area (Å²) in [6.45, 7) is 6.44. The number of ether oxygens (including phenoxy) is 1. The lowest BCUT2D eigenvalue weighted by molar-refractivity contribution is 0.361. The molecule has 0 aliphatic rings. The maximum atomic E-state index is 5.24. The summed E-state index contributed by atoms with van der Waals surface area (Å²) >= 11 is 0. The SMILES string of the molecule is COc1c(C(C)(C)C)cnn1C. The van der Waals surface area contributed by atoms with Gasteiger partial charge in [0.2, 0.25) is 5.88 Å². The number of hydrogen-bond acceptors (Lipinski definition) is 2. The summed E-state index contributed by atoms with van der Waals surface area (Å²) in [4.78, 5) is 0. The Morgan fingerprint density at radius 3 is 2.33 bits per heavy atom. The van der Waals surface area contributed by atoms with Gasteiger partial charge >= 0.3 is 0 Å². The molecule has 0 saturated carbocycles. The van der Waals surface area contributed by atoms with E-state index in [1.54, 1.807) is 11.8 Å². The second kappa shape index (κ2) is 2.81. The normalized spacial score (nSPS) is 11.8. The van der Waals surface area contributed by atoms with E-state index >= 15 is 0 Å². The molecule has 0 aliphatic carbocycles. The summed E-state index contributed by atoms with van der Waals surface area (Å²) in [5.41, 5.74) is 1.24. The first-order valence-corrected chi connectivity index (χ1v) is 4.03. The molecule has 0 saturated heterocycles. The topological polar surface area (TPSA) is 27.1 Å². The Hall–Kier alpha value is -0.990. The molecule has 0 aromatic carbocycles. The van der Waals surface area contributed by atoms with Crippen molar-refractivity contribution in [3.8, 4) is 5.88 Å². The molecule has 0 atom stereocenters. The zero-order chi connectivity index (χ0) is 9.35. The standard InChI is InChI=1S/C9H16N2O/c1-9(2,3)7-6-10-11(4)8(7)12-5/h6H,1-5H3. The Morgan fingerprint density at radius 1 is 1.42 bits per heavy atom. The van der Waals surface area contributed by atoms with Crippen LogP contribution in [0.25, 0.3) is 0 Å². The predicted molar refractivity (Wildman–Crippen MR) is 48.5 cm³/mol. The van der Waals surface area contributed by atoms with Gasteiger partial charge in [-0.2, -0.15) is 5.10 Å². The zero-order valence-electron chi connectivity index (χ0n) is 8.38. The lowest BCUT2D eigenvalue weighted by atomic mass is 9.89. The monoisotopic (exact) mass is 168 g/mol. The van der Waals surface area contributed by atoms with Crippen molar-refractivity contribution in [3.63, 3.8) is 0 Å². The molecule has 0 radical (unpaired) electrons. The summed E-state index contributed by atoms with van der Waals surface area (Å²) in [5.74, 6) is 0.850. The lowest BCUT2D eigenvalue weighted by Crippen LogP contribution is -2.12. The first kappa shape index (κ1) is 9.10. The van der Waals surface area contributed by atoms with Crippen molar-refractivity contribution in [2.45, 2.75) is 26.2 Å². The summed E-state index contributed by atoms with van der Waals surface area (Å²) in [6.07, 6.45) is 1.86. The fourth-order valence-corrected chi connectivity index (χ4v) is 1.18. The summed E-state index contributed by atoms with van der Waals surface area (Å²) in [7, 11) is 3.56. The maximum absolute atomic E-state index is 5.24. The van der Waals surface area contributed by atoms with Crippen LogP contribution < -0.4 is 4.74 Å². The Labute approximate surface area is 73.3 Å². The van der Waals surface area contributed by atoms with Crippen molar-refractivity contribution in [2.24, 2.45) is 7.05 Å². The van der Waals surface area contributed by atoms with Crippen molar-refractivity contribution in [3.05, 3.63) is 11.8 Å². The number of methoxy groups -OCH3 is 1. The van der Waals surface area contributed by atoms with Crippen LogP contribution >= 0.6 is 0 Å². The van der Waals surface area contributed by atoms with Gasteiger partial charge in [-0.1, -0.05) is 20.8 Å². The Balaban J connectivity index is 3.16. The number of aromatic nitrogens is 2. The van der Waals surface area contributed by atoms with Crippen molar-refractivity contribution < 1.29 is 4.74 Å². The average molecular weight is 168 g/mol. The Kier molecular flexibility index (Phi) is 2.13. The highest BCUT2D eigenvalue weighted by Crippen LogP contribution is 2.29. The largest absolute Gasteiger partial charge is 0.481 e. The van der Waals surface area contributed by atoms with E-state index in [1.165, 1.54) is 0 Å². The van der Waals surface area contributed by atoms with Crippen LogP contribution in [0.5, 0.6) is 5.88 Å². The van der Waals surface area contributed by atoms with Gasteiger partial charge in [0.1, 0.15) is 0 Å². The second-order valence-electron chi connectivity index (χ2n) is 3.94. The van der Waals surface area contributed by atoms with Crippen molar-refractivity contribution in [1.29, 1.82) is 0 Å². The average Bonchev–Trinajstić information content (AvgIpc) is 2.29. The maximum Gasteiger partial charge on any atom is 0.215 e. The van der Waals surface area contributed by atoms with E-state index in [1.807, 2.05) is 13.2 Å². The third kappa shape index (κ3) is 1.44. The minimum absolute atomic E-state index is 0.0968. The molecular weight excluding hydrogens is 152 g/mol. The highest BCUT2D eigenvalue weighted by molar-refractivity contribution is 5.30. The fourth-order valence-electron chi connectivity index (χ4n) is 1.18. The minimum atomic E-state index is 0.0968. The predicted octanol–water partition coefficient (Wildman–Crippen LogP) is 1.73. The van der Waals surface area contributed by atoms with Gasteiger partial charge in [-0.15, -0.1) is 0 Å². The molecule has 1 aromatic heterocycles. The molecule has 0 aliphatic heterocycles. The van der Waals surface area contributed by atoms with Gasteiger partial charge in [0, 0.05) is 12.6 Å². The van der Waals surface area contributed by atoms with Gasteiger partial charge in [0.15, 0.2) is 0 Å². The van der Waals surface area contributed by atoms with E-state index in [2.05, 4.69) is 25.9 Å². The summed E-state index contributed by atoms with van der Waals surface area (Å²) in [6, 6.07) is 0. The Bertz CT molecular complexity index is 271. The van der Waals surface area contributed by atoms with Crippen LogP contribution in [0, 0.1) is 0 Å². The Morgan fingerprint density at radius 2 is 2.00 bits per heavy atom. The first-order valence-electron chi connectivity index (χ1n) is 4.03. The molecule has 0 N–H and O–H groups in total. The molecule has 1 aromatic rings. The number of nitrogens with zero attached hydrogens (tertiary/aromatic N) is 2. The molecule has 68 valence electrons. The van der Waals surface area contributed by atoms with E-state index in [4.69, 9.17) is 4.74 Å². The first-order chi connectivity index (χ1) is 5.46. The zero-order valence-corrected chi connectivity index (χ0v) is 8.38. The van der Waals surface area contributed by atoms with Crippen LogP contribution in [0.3, 0.4) is 0 Å². The number of hydrogen-bond donors (Lipinski definition) is 0. The minimum Gasteiger partial charge on any atom is -0.481 e. The van der Waals surface area contributed by atoms with Gasteiger partial charge in [0.25, 0.3) is 0 Å². The molecule has 1 heterocycles. The van der Waals surface area contributed by atoms with Crippen molar-refractivity contribution in [1.82, 2.24) is 9.78 Å². The molecule has 3 nitrogen and oxygen atoms in total. The molecule has 0 bridgehead atoms. The van der Waals surface area contributed by atoms with E-state index in [0.717, 1.165) is 11.4 Å². The van der Waals surface area contributed by atoms with Gasteiger partial charge < -0.3 is 4.74 Å². The highest BCUT2D eigenvalue weighted by atomic mass is 16.5. The van der Waals surface area contributed by atoms with Gasteiger partial charge in [-0.3, -0.25) is 0 Å². The molecule has 3 heteroatoms. The van der Waals surface area contributed by atoms with Gasteiger partial charge in [-0.25, -0.2) is 4.68 Å². The van der Waals surface area contributed by atoms with E-state index in [-0.39, 0.29) is 5.41 Å².